The Kier molecular flexibility index (Phi) is 6.60. The van der Waals surface area contributed by atoms with Gasteiger partial charge in [-0.3, -0.25) is 4.79 Å². The van der Waals surface area contributed by atoms with E-state index in [1.165, 1.54) is 0 Å². The van der Waals surface area contributed by atoms with E-state index in [4.69, 9.17) is 28.6 Å². The summed E-state index contributed by atoms with van der Waals surface area (Å²) in [6, 6.07) is 13.5. The zero-order valence-corrected chi connectivity index (χ0v) is 19.3. The first-order valence-corrected chi connectivity index (χ1v) is 11.2. The molecule has 0 bridgehead atoms. The molecule has 1 aromatic heterocycles. The minimum absolute atomic E-state index is 0.0934. The molecule has 31 heavy (non-hydrogen) atoms. The van der Waals surface area contributed by atoms with Crippen LogP contribution in [0.15, 0.2) is 47.3 Å². The summed E-state index contributed by atoms with van der Waals surface area (Å²) in [5.74, 6) is 0. The molecule has 1 aliphatic rings. The van der Waals surface area contributed by atoms with Crippen molar-refractivity contribution in [2.45, 2.75) is 39.3 Å². The highest BCUT2D eigenvalue weighted by molar-refractivity contribution is 7.80. The molecule has 4 rings (SSSR count). The number of nitrogens with one attached hydrogen (secondary N) is 2. The second-order valence-electron chi connectivity index (χ2n) is 8.07. The number of H-pyrrole nitrogens is 1. The number of ether oxygens (including phenoxy) is 1. The van der Waals surface area contributed by atoms with Crippen molar-refractivity contribution in [2.24, 2.45) is 0 Å². The second kappa shape index (κ2) is 9.39. The Hall–Kier alpha value is -2.41. The van der Waals surface area contributed by atoms with E-state index in [0.29, 0.717) is 28.8 Å². The van der Waals surface area contributed by atoms with Crippen LogP contribution in [0.25, 0.3) is 10.9 Å². The van der Waals surface area contributed by atoms with Crippen LogP contribution in [0.2, 0.25) is 5.02 Å². The SMILES string of the molecule is Cc1ccc(C)c2[nH]c(=O)c(CN(C[C@@H]3CCCO3)C(=S)Nc3cccc(Cl)c3)cc12. The Morgan fingerprint density at radius 2 is 2.06 bits per heavy atom. The molecule has 3 aromatic rings. The maximum atomic E-state index is 12.9. The quantitative estimate of drug-likeness (QED) is 0.519. The molecule has 0 radical (unpaired) electrons. The van der Waals surface area contributed by atoms with Gasteiger partial charge >= 0.3 is 0 Å². The number of aromatic amines is 1. The van der Waals surface area contributed by atoms with Crippen LogP contribution in [-0.2, 0) is 11.3 Å². The van der Waals surface area contributed by atoms with E-state index in [0.717, 1.165) is 47.2 Å². The molecule has 1 saturated heterocycles. The third-order valence-electron chi connectivity index (χ3n) is 5.69. The van der Waals surface area contributed by atoms with E-state index in [2.05, 4.69) is 23.3 Å². The number of fused-ring (bicyclic) bond motifs is 1. The molecular weight excluding hydrogens is 430 g/mol. The van der Waals surface area contributed by atoms with Gasteiger partial charge < -0.3 is 19.9 Å². The highest BCUT2D eigenvalue weighted by Crippen LogP contribution is 2.22. The number of benzene rings is 2. The van der Waals surface area contributed by atoms with Gasteiger partial charge in [-0.2, -0.15) is 0 Å². The Morgan fingerprint density at radius 3 is 2.81 bits per heavy atom. The molecule has 2 heterocycles. The monoisotopic (exact) mass is 455 g/mol. The molecule has 0 unspecified atom stereocenters. The average Bonchev–Trinajstić information content (AvgIpc) is 3.24. The molecule has 2 N–H and O–H groups in total. The lowest BCUT2D eigenvalue weighted by Gasteiger charge is -2.28. The van der Waals surface area contributed by atoms with Crippen LogP contribution in [-0.4, -0.2) is 34.3 Å². The molecule has 2 aromatic carbocycles. The van der Waals surface area contributed by atoms with E-state index in [-0.39, 0.29) is 11.7 Å². The molecule has 7 heteroatoms. The number of thiocarbonyl (C=S) groups is 1. The van der Waals surface area contributed by atoms with Crippen molar-refractivity contribution in [1.29, 1.82) is 0 Å². The Morgan fingerprint density at radius 1 is 1.26 bits per heavy atom. The molecular formula is C24H26ClN3O2S. The number of aromatic nitrogens is 1. The Balaban J connectivity index is 1.63. The lowest BCUT2D eigenvalue weighted by molar-refractivity contribution is 0.0904. The topological polar surface area (TPSA) is 57.4 Å². The summed E-state index contributed by atoms with van der Waals surface area (Å²) in [6.07, 6.45) is 2.13. The largest absolute Gasteiger partial charge is 0.376 e. The van der Waals surface area contributed by atoms with Crippen molar-refractivity contribution in [2.75, 3.05) is 18.5 Å². The first-order chi connectivity index (χ1) is 14.9. The second-order valence-corrected chi connectivity index (χ2v) is 8.89. The molecule has 0 spiro atoms. The molecule has 0 saturated carbocycles. The lowest BCUT2D eigenvalue weighted by atomic mass is 10.0. The minimum atomic E-state index is -0.0934. The van der Waals surface area contributed by atoms with E-state index in [1.54, 1.807) is 0 Å². The molecule has 0 aliphatic carbocycles. The maximum absolute atomic E-state index is 12.9. The van der Waals surface area contributed by atoms with Crippen LogP contribution in [0.3, 0.4) is 0 Å². The standard InChI is InChI=1S/C24H26ClN3O2S/c1-15-8-9-16(2)22-21(15)11-17(23(29)27-22)13-28(14-20-7-4-10-30-20)24(31)26-19-6-3-5-18(25)12-19/h3,5-6,8-9,11-12,20H,4,7,10,13-14H2,1-2H3,(H,26,31)(H,27,29)/t20-/m0/s1. The van der Waals surface area contributed by atoms with Crippen molar-refractivity contribution in [1.82, 2.24) is 9.88 Å². The van der Waals surface area contributed by atoms with Gasteiger partial charge in [0.2, 0.25) is 0 Å². The molecule has 1 fully saturated rings. The van der Waals surface area contributed by atoms with Crippen LogP contribution < -0.4 is 10.9 Å². The number of rotatable bonds is 5. The fourth-order valence-electron chi connectivity index (χ4n) is 3.96. The van der Waals surface area contributed by atoms with Gasteiger partial charge in [0.05, 0.1) is 18.2 Å². The summed E-state index contributed by atoms with van der Waals surface area (Å²) >= 11 is 11.8. The third kappa shape index (κ3) is 5.09. The number of halogens is 1. The Bertz CT molecular complexity index is 1170. The van der Waals surface area contributed by atoms with Gasteiger partial charge in [-0.1, -0.05) is 29.8 Å². The van der Waals surface area contributed by atoms with Crippen LogP contribution in [0, 0.1) is 13.8 Å². The van der Waals surface area contributed by atoms with Crippen LogP contribution in [0.1, 0.15) is 29.5 Å². The van der Waals surface area contributed by atoms with E-state index < -0.39 is 0 Å². The van der Waals surface area contributed by atoms with Gasteiger partial charge in [0.1, 0.15) is 0 Å². The van der Waals surface area contributed by atoms with E-state index >= 15 is 0 Å². The molecule has 162 valence electrons. The summed E-state index contributed by atoms with van der Waals surface area (Å²) in [5, 5.41) is 5.49. The van der Waals surface area contributed by atoms with Crippen molar-refractivity contribution in [3.05, 3.63) is 74.5 Å². The third-order valence-corrected chi connectivity index (χ3v) is 6.29. The van der Waals surface area contributed by atoms with Gasteiger partial charge in [0.25, 0.3) is 5.56 Å². The number of pyridine rings is 1. The summed E-state index contributed by atoms with van der Waals surface area (Å²) in [5.41, 5.74) is 4.47. The van der Waals surface area contributed by atoms with Crippen molar-refractivity contribution in [3.63, 3.8) is 0 Å². The van der Waals surface area contributed by atoms with Crippen molar-refractivity contribution in [3.8, 4) is 0 Å². The van der Waals surface area contributed by atoms with Crippen molar-refractivity contribution >= 4 is 45.5 Å². The van der Waals surface area contributed by atoms with Gasteiger partial charge in [-0.05, 0) is 74.3 Å². The van der Waals surface area contributed by atoms with Gasteiger partial charge in [-0.15, -0.1) is 0 Å². The Labute approximate surface area is 192 Å². The summed E-state index contributed by atoms with van der Waals surface area (Å²) in [6.45, 7) is 5.84. The average molecular weight is 456 g/mol. The van der Waals surface area contributed by atoms with E-state index in [9.17, 15) is 4.79 Å². The summed E-state index contributed by atoms with van der Waals surface area (Å²) in [4.78, 5) is 18.0. The van der Waals surface area contributed by atoms with E-state index in [1.807, 2.05) is 48.2 Å². The predicted molar refractivity (Wildman–Crippen MR) is 131 cm³/mol. The molecule has 5 nitrogen and oxygen atoms in total. The molecule has 0 amide bonds. The fourth-order valence-corrected chi connectivity index (χ4v) is 4.41. The summed E-state index contributed by atoms with van der Waals surface area (Å²) in [7, 11) is 0. The number of hydrogen-bond donors (Lipinski definition) is 2. The van der Waals surface area contributed by atoms with Crippen LogP contribution in [0.4, 0.5) is 5.69 Å². The predicted octanol–water partition coefficient (Wildman–Crippen LogP) is 5.18. The highest BCUT2D eigenvalue weighted by atomic mass is 35.5. The minimum Gasteiger partial charge on any atom is -0.376 e. The van der Waals surface area contributed by atoms with Crippen molar-refractivity contribution < 1.29 is 4.74 Å². The zero-order valence-electron chi connectivity index (χ0n) is 17.7. The number of hydrogen-bond acceptors (Lipinski definition) is 3. The number of aryl methyl sites for hydroxylation is 2. The zero-order chi connectivity index (χ0) is 22.0. The smallest absolute Gasteiger partial charge is 0.253 e. The number of nitrogens with zero attached hydrogens (tertiary/aromatic N) is 1. The maximum Gasteiger partial charge on any atom is 0.253 e. The fraction of sp³-hybridized carbons (Fsp3) is 0.333. The molecule has 1 atom stereocenters. The van der Waals surface area contributed by atoms with Crippen LogP contribution >= 0.6 is 23.8 Å². The normalized spacial score (nSPS) is 15.9. The number of anilines is 1. The first kappa shape index (κ1) is 21.8. The highest BCUT2D eigenvalue weighted by Gasteiger charge is 2.22. The first-order valence-electron chi connectivity index (χ1n) is 10.5. The van der Waals surface area contributed by atoms with Gasteiger partial charge in [0, 0.05) is 34.8 Å². The molecule has 1 aliphatic heterocycles. The lowest BCUT2D eigenvalue weighted by Crippen LogP contribution is -2.40. The van der Waals surface area contributed by atoms with Gasteiger partial charge in [0.15, 0.2) is 5.11 Å². The van der Waals surface area contributed by atoms with Crippen LogP contribution in [0.5, 0.6) is 0 Å². The van der Waals surface area contributed by atoms with Gasteiger partial charge in [-0.25, -0.2) is 0 Å². The summed E-state index contributed by atoms with van der Waals surface area (Å²) < 4.78 is 5.84.